The largest absolute Gasteiger partial charge is 0.573 e. The van der Waals surface area contributed by atoms with Gasteiger partial charge in [-0.15, -0.1) is 24.5 Å². The number of aromatic nitrogens is 5. The van der Waals surface area contributed by atoms with Crippen molar-refractivity contribution in [3.8, 4) is 17.5 Å². The van der Waals surface area contributed by atoms with Crippen LogP contribution < -0.4 is 20.7 Å². The summed E-state index contributed by atoms with van der Waals surface area (Å²) in [7, 11) is 1.43. The van der Waals surface area contributed by atoms with E-state index in [1.165, 1.54) is 39.7 Å². The first kappa shape index (κ1) is 23.5. The minimum absolute atomic E-state index is 0.00655. The van der Waals surface area contributed by atoms with Crippen molar-refractivity contribution < 1.29 is 27.8 Å². The molecule has 0 unspecified atom stereocenters. The predicted molar refractivity (Wildman–Crippen MR) is 115 cm³/mol. The number of imidazole rings is 1. The molecular formula is C20H18F3N5O5S. The molecule has 1 aromatic carbocycles. The van der Waals surface area contributed by atoms with E-state index in [4.69, 9.17) is 9.84 Å². The summed E-state index contributed by atoms with van der Waals surface area (Å²) in [6, 6.07) is 4.72. The van der Waals surface area contributed by atoms with Crippen molar-refractivity contribution in [3.05, 3.63) is 61.7 Å². The van der Waals surface area contributed by atoms with Gasteiger partial charge in [0.2, 0.25) is 0 Å². The van der Waals surface area contributed by atoms with Crippen LogP contribution in [0.4, 0.5) is 13.2 Å². The lowest BCUT2D eigenvalue weighted by molar-refractivity contribution is -0.274. The quantitative estimate of drug-likeness (QED) is 0.398. The van der Waals surface area contributed by atoms with Gasteiger partial charge in [0.25, 0.3) is 5.56 Å². The van der Waals surface area contributed by atoms with Crippen LogP contribution in [0, 0.1) is 0 Å². The molecule has 0 spiro atoms. The first-order valence-electron chi connectivity index (χ1n) is 9.91. The third-order valence-corrected chi connectivity index (χ3v) is 5.53. The number of fused-ring (bicyclic) bond motifs is 1. The Hall–Kier alpha value is -3.65. The second-order valence-corrected chi connectivity index (χ2v) is 8.06. The molecule has 0 atom stereocenters. The first-order chi connectivity index (χ1) is 16.2. The summed E-state index contributed by atoms with van der Waals surface area (Å²) in [6.45, 7) is -0.153. The molecule has 0 aliphatic carbocycles. The zero-order valence-electron chi connectivity index (χ0n) is 17.7. The van der Waals surface area contributed by atoms with Crippen molar-refractivity contribution in [2.75, 3.05) is 6.61 Å². The smallest absolute Gasteiger partial charge is 0.425 e. The Labute approximate surface area is 193 Å². The normalized spacial score (nSPS) is 11.8. The van der Waals surface area contributed by atoms with Gasteiger partial charge in [-0.05, 0) is 18.6 Å². The van der Waals surface area contributed by atoms with E-state index >= 15 is 0 Å². The highest BCUT2D eigenvalue weighted by molar-refractivity contribution is 7.09. The standard InChI is InChI=1S/C20H18F3N5O5S/c1-26-16-15(17(30)27(19(26)31)7-3-8-29)28(11-14-24-6-9-34-14)18(25-16)32-12-4-2-5-13(10-12)33-20(21,22)23/h2,4-6,9-10,29H,3,7-8,11H2,1H3. The number of aliphatic hydroxyl groups excluding tert-OH is 1. The number of aryl methyl sites for hydroxylation is 1. The maximum absolute atomic E-state index is 13.2. The lowest BCUT2D eigenvalue weighted by atomic mass is 10.3. The number of thiazole rings is 1. The fourth-order valence-electron chi connectivity index (χ4n) is 3.31. The number of halogens is 3. The van der Waals surface area contributed by atoms with Crippen molar-refractivity contribution in [1.82, 2.24) is 23.7 Å². The fraction of sp³-hybridized carbons (Fsp3) is 0.300. The van der Waals surface area contributed by atoms with Gasteiger partial charge in [-0.3, -0.25) is 18.5 Å². The van der Waals surface area contributed by atoms with Crippen LogP contribution in [0.5, 0.6) is 17.5 Å². The van der Waals surface area contributed by atoms with Gasteiger partial charge in [0.15, 0.2) is 11.2 Å². The van der Waals surface area contributed by atoms with Crippen LogP contribution >= 0.6 is 11.3 Å². The summed E-state index contributed by atoms with van der Waals surface area (Å²) in [6.07, 6.45) is -3.11. The number of nitrogens with zero attached hydrogens (tertiary/aromatic N) is 5. The molecule has 0 saturated carbocycles. The average Bonchev–Trinajstić information content (AvgIpc) is 3.40. The molecule has 10 nitrogen and oxygen atoms in total. The zero-order valence-corrected chi connectivity index (χ0v) is 18.5. The van der Waals surface area contributed by atoms with Crippen LogP contribution in [0.1, 0.15) is 11.4 Å². The van der Waals surface area contributed by atoms with Crippen molar-refractivity contribution >= 4 is 22.5 Å². The highest BCUT2D eigenvalue weighted by atomic mass is 32.1. The second-order valence-electron chi connectivity index (χ2n) is 7.08. The number of ether oxygens (including phenoxy) is 2. The number of benzene rings is 1. The average molecular weight is 497 g/mol. The minimum Gasteiger partial charge on any atom is -0.425 e. The molecule has 0 amide bonds. The van der Waals surface area contributed by atoms with Gasteiger partial charge >= 0.3 is 18.1 Å². The van der Waals surface area contributed by atoms with E-state index in [2.05, 4.69) is 14.7 Å². The Bertz CT molecular complexity index is 1430. The summed E-state index contributed by atoms with van der Waals surface area (Å²) in [5, 5.41) is 11.5. The molecule has 14 heteroatoms. The Morgan fingerprint density at radius 3 is 2.62 bits per heavy atom. The molecule has 0 bridgehead atoms. The van der Waals surface area contributed by atoms with E-state index in [1.807, 2.05) is 0 Å². The molecular weight excluding hydrogens is 479 g/mol. The molecule has 1 N–H and O–H groups in total. The molecule has 0 saturated heterocycles. The van der Waals surface area contributed by atoms with Crippen LogP contribution in [-0.2, 0) is 20.1 Å². The van der Waals surface area contributed by atoms with E-state index in [9.17, 15) is 22.8 Å². The van der Waals surface area contributed by atoms with Crippen molar-refractivity contribution in [2.45, 2.75) is 25.9 Å². The zero-order chi connectivity index (χ0) is 24.5. The molecule has 0 aliphatic rings. The van der Waals surface area contributed by atoms with E-state index in [0.29, 0.717) is 5.01 Å². The van der Waals surface area contributed by atoms with Gasteiger partial charge in [0, 0.05) is 37.8 Å². The van der Waals surface area contributed by atoms with Crippen molar-refractivity contribution in [2.24, 2.45) is 7.05 Å². The van der Waals surface area contributed by atoms with Gasteiger partial charge in [-0.25, -0.2) is 9.78 Å². The lowest BCUT2D eigenvalue weighted by Gasteiger charge is -2.11. The van der Waals surface area contributed by atoms with Crippen LogP contribution in [0.15, 0.2) is 45.4 Å². The van der Waals surface area contributed by atoms with Crippen LogP contribution in [0.2, 0.25) is 0 Å². The van der Waals surface area contributed by atoms with Gasteiger partial charge in [-0.2, -0.15) is 4.98 Å². The van der Waals surface area contributed by atoms with Crippen molar-refractivity contribution in [3.63, 3.8) is 0 Å². The van der Waals surface area contributed by atoms with E-state index in [0.717, 1.165) is 16.7 Å². The van der Waals surface area contributed by atoms with Gasteiger partial charge < -0.3 is 14.6 Å². The Morgan fingerprint density at radius 1 is 1.18 bits per heavy atom. The minimum atomic E-state index is -4.88. The van der Waals surface area contributed by atoms with Crippen LogP contribution in [0.25, 0.3) is 11.2 Å². The number of aliphatic hydroxyl groups is 1. The number of hydrogen-bond acceptors (Lipinski definition) is 8. The van der Waals surface area contributed by atoms with Crippen LogP contribution in [-0.4, -0.2) is 41.7 Å². The van der Waals surface area contributed by atoms with E-state index in [-0.39, 0.29) is 49.0 Å². The predicted octanol–water partition coefficient (Wildman–Crippen LogP) is 2.47. The van der Waals surface area contributed by atoms with E-state index < -0.39 is 23.4 Å². The molecule has 0 fully saturated rings. The Kier molecular flexibility index (Phi) is 6.43. The maximum atomic E-state index is 13.2. The highest BCUT2D eigenvalue weighted by Crippen LogP contribution is 2.30. The lowest BCUT2D eigenvalue weighted by Crippen LogP contribution is -2.39. The summed E-state index contributed by atoms with van der Waals surface area (Å²) in [5.41, 5.74) is -1.19. The summed E-state index contributed by atoms with van der Waals surface area (Å²) in [4.78, 5) is 34.4. The van der Waals surface area contributed by atoms with Gasteiger partial charge in [-0.1, -0.05) is 6.07 Å². The topological polar surface area (TPSA) is 113 Å². The molecule has 3 heterocycles. The second kappa shape index (κ2) is 9.30. The van der Waals surface area contributed by atoms with Gasteiger partial charge in [0.1, 0.15) is 16.5 Å². The van der Waals surface area contributed by atoms with Crippen molar-refractivity contribution in [1.29, 1.82) is 0 Å². The highest BCUT2D eigenvalue weighted by Gasteiger charge is 2.31. The number of alkyl halides is 3. The fourth-order valence-corrected chi connectivity index (χ4v) is 3.91. The van der Waals surface area contributed by atoms with Gasteiger partial charge in [0.05, 0.1) is 6.54 Å². The summed E-state index contributed by atoms with van der Waals surface area (Å²) >= 11 is 1.31. The molecule has 34 heavy (non-hydrogen) atoms. The number of hydrogen-bond donors (Lipinski definition) is 1. The summed E-state index contributed by atoms with van der Waals surface area (Å²) in [5.74, 6) is -0.519. The number of rotatable bonds is 8. The molecule has 180 valence electrons. The van der Waals surface area contributed by atoms with E-state index in [1.54, 1.807) is 11.6 Å². The molecule has 0 radical (unpaired) electrons. The molecule has 4 aromatic rings. The Morgan fingerprint density at radius 2 is 1.94 bits per heavy atom. The third kappa shape index (κ3) is 4.82. The third-order valence-electron chi connectivity index (χ3n) is 4.76. The Balaban J connectivity index is 1.85. The summed E-state index contributed by atoms with van der Waals surface area (Å²) < 4.78 is 51.0. The molecule has 0 aliphatic heterocycles. The first-order valence-corrected chi connectivity index (χ1v) is 10.8. The maximum Gasteiger partial charge on any atom is 0.573 e. The monoisotopic (exact) mass is 497 g/mol. The SMILES string of the molecule is Cn1c(=O)n(CCCO)c(=O)c2c1nc(Oc1cccc(OC(F)(F)F)c1)n2Cc1nccs1. The molecule has 4 rings (SSSR count). The molecule has 3 aromatic heterocycles. The van der Waals surface area contributed by atoms with Crippen LogP contribution in [0.3, 0.4) is 0 Å².